The van der Waals surface area contributed by atoms with E-state index in [-0.39, 0.29) is 10.9 Å². The Morgan fingerprint density at radius 2 is 1.88 bits per heavy atom. The van der Waals surface area contributed by atoms with Crippen LogP contribution in [0.3, 0.4) is 0 Å². The fraction of sp³-hybridized carbons (Fsp3) is 0.529. The van der Waals surface area contributed by atoms with Gasteiger partial charge >= 0.3 is 0 Å². The number of anilines is 1. The molecule has 1 atom stereocenters. The van der Waals surface area contributed by atoms with E-state index in [0.717, 1.165) is 30.1 Å². The molecule has 0 amide bonds. The monoisotopic (exact) mass is 379 g/mol. The van der Waals surface area contributed by atoms with E-state index < -0.39 is 10.0 Å². The Labute approximate surface area is 154 Å². The van der Waals surface area contributed by atoms with Gasteiger partial charge in [-0.1, -0.05) is 5.16 Å². The summed E-state index contributed by atoms with van der Waals surface area (Å²) in [5.74, 6) is 1.37. The van der Waals surface area contributed by atoms with Gasteiger partial charge in [0.2, 0.25) is 10.0 Å². The van der Waals surface area contributed by atoms with Crippen molar-refractivity contribution in [2.75, 3.05) is 38.5 Å². The third kappa shape index (κ3) is 3.74. The van der Waals surface area contributed by atoms with Crippen LogP contribution in [0.1, 0.15) is 30.0 Å². The number of piperazine rings is 1. The Bertz CT molecular complexity index is 836. The van der Waals surface area contributed by atoms with Gasteiger partial charge in [-0.15, -0.1) is 0 Å². The zero-order chi connectivity index (χ0) is 18.9. The van der Waals surface area contributed by atoms with Gasteiger partial charge in [0.05, 0.1) is 11.7 Å². The summed E-state index contributed by atoms with van der Waals surface area (Å²) in [6.07, 6.45) is 1.41. The quantitative estimate of drug-likeness (QED) is 0.847. The molecule has 9 heteroatoms. The van der Waals surface area contributed by atoms with Crippen molar-refractivity contribution in [3.05, 3.63) is 35.3 Å². The first kappa shape index (κ1) is 18.8. The average Bonchev–Trinajstić information content (AvgIpc) is 2.94. The van der Waals surface area contributed by atoms with Crippen molar-refractivity contribution in [1.29, 1.82) is 0 Å². The Balaban J connectivity index is 1.72. The lowest BCUT2D eigenvalue weighted by Crippen LogP contribution is -2.47. The van der Waals surface area contributed by atoms with Crippen molar-refractivity contribution in [3.63, 3.8) is 0 Å². The molecule has 2 aromatic rings. The van der Waals surface area contributed by atoms with Gasteiger partial charge in [-0.25, -0.2) is 13.4 Å². The summed E-state index contributed by atoms with van der Waals surface area (Å²) in [5, 5.41) is 7.22. The molecule has 0 aliphatic carbocycles. The van der Waals surface area contributed by atoms with Crippen LogP contribution in [0.15, 0.2) is 27.7 Å². The zero-order valence-corrected chi connectivity index (χ0v) is 16.4. The van der Waals surface area contributed by atoms with Crippen molar-refractivity contribution in [2.45, 2.75) is 31.7 Å². The lowest BCUT2D eigenvalue weighted by molar-refractivity contribution is 0.222. The Morgan fingerprint density at radius 3 is 2.42 bits per heavy atom. The molecular formula is C17H25N5O3S. The lowest BCUT2D eigenvalue weighted by Gasteiger charge is -2.31. The van der Waals surface area contributed by atoms with Crippen molar-refractivity contribution >= 4 is 15.8 Å². The first-order valence-corrected chi connectivity index (χ1v) is 10.1. The fourth-order valence-electron chi connectivity index (χ4n) is 3.20. The van der Waals surface area contributed by atoms with Crippen molar-refractivity contribution in [3.8, 4) is 0 Å². The van der Waals surface area contributed by atoms with Crippen LogP contribution < -0.4 is 5.32 Å². The summed E-state index contributed by atoms with van der Waals surface area (Å²) in [4.78, 5) is 6.62. The smallest absolute Gasteiger partial charge is 0.244 e. The number of hydrogen-bond donors (Lipinski definition) is 1. The summed E-state index contributed by atoms with van der Waals surface area (Å²) in [6.45, 7) is 8.23. The van der Waals surface area contributed by atoms with Gasteiger partial charge in [0.15, 0.2) is 0 Å². The third-order valence-electron chi connectivity index (χ3n) is 4.72. The highest BCUT2D eigenvalue weighted by Crippen LogP contribution is 2.25. The van der Waals surface area contributed by atoms with Crippen molar-refractivity contribution in [2.24, 2.45) is 0 Å². The molecule has 0 spiro atoms. The number of likely N-dealkylation sites (N-methyl/N-ethyl adjacent to an activating group) is 1. The summed E-state index contributed by atoms with van der Waals surface area (Å²) >= 11 is 0. The normalized spacial score (nSPS) is 18.0. The molecule has 0 saturated carbocycles. The van der Waals surface area contributed by atoms with Crippen LogP contribution in [0.4, 0.5) is 5.82 Å². The van der Waals surface area contributed by atoms with E-state index >= 15 is 0 Å². The van der Waals surface area contributed by atoms with Crippen LogP contribution in [-0.4, -0.2) is 61.0 Å². The highest BCUT2D eigenvalue weighted by atomic mass is 32.2. The van der Waals surface area contributed by atoms with E-state index in [4.69, 9.17) is 4.52 Å². The zero-order valence-electron chi connectivity index (χ0n) is 15.6. The number of rotatable bonds is 5. The maximum absolute atomic E-state index is 12.7. The molecule has 26 heavy (non-hydrogen) atoms. The molecule has 1 fully saturated rings. The lowest BCUT2D eigenvalue weighted by atomic mass is 10.1. The molecule has 3 rings (SSSR count). The molecule has 1 saturated heterocycles. The van der Waals surface area contributed by atoms with Gasteiger partial charge in [0, 0.05) is 37.9 Å². The van der Waals surface area contributed by atoms with Crippen LogP contribution in [-0.2, 0) is 10.0 Å². The topological polar surface area (TPSA) is 91.6 Å². The Hall–Kier alpha value is -1.97. The van der Waals surface area contributed by atoms with Crippen LogP contribution in [0.5, 0.6) is 0 Å². The minimum absolute atomic E-state index is 0.0474. The van der Waals surface area contributed by atoms with Crippen LogP contribution in [0.2, 0.25) is 0 Å². The van der Waals surface area contributed by atoms with Crippen molar-refractivity contribution in [1.82, 2.24) is 19.3 Å². The molecule has 1 aliphatic rings. The van der Waals surface area contributed by atoms with Crippen molar-refractivity contribution < 1.29 is 12.9 Å². The van der Waals surface area contributed by atoms with E-state index in [2.05, 4.69) is 20.4 Å². The number of sulfonamides is 1. The molecule has 1 aliphatic heterocycles. The van der Waals surface area contributed by atoms with E-state index in [9.17, 15) is 8.42 Å². The maximum Gasteiger partial charge on any atom is 0.244 e. The van der Waals surface area contributed by atoms with Crippen LogP contribution >= 0.6 is 0 Å². The van der Waals surface area contributed by atoms with Gasteiger partial charge in [0.25, 0.3) is 0 Å². The van der Waals surface area contributed by atoms with Crippen LogP contribution in [0, 0.1) is 13.8 Å². The number of nitrogens with zero attached hydrogens (tertiary/aromatic N) is 4. The molecule has 0 aromatic carbocycles. The second kappa shape index (κ2) is 7.34. The number of aromatic nitrogens is 2. The van der Waals surface area contributed by atoms with E-state index in [1.54, 1.807) is 12.1 Å². The largest absolute Gasteiger partial charge is 0.363 e. The summed E-state index contributed by atoms with van der Waals surface area (Å²) in [7, 11) is -1.50. The summed E-state index contributed by atoms with van der Waals surface area (Å²) in [5.41, 5.74) is 1.82. The molecule has 0 bridgehead atoms. The van der Waals surface area contributed by atoms with Gasteiger partial charge in [-0.2, -0.15) is 4.31 Å². The predicted octanol–water partition coefficient (Wildman–Crippen LogP) is 1.80. The van der Waals surface area contributed by atoms with Crippen LogP contribution in [0.25, 0.3) is 0 Å². The SMILES string of the molecule is Cc1noc(C)c1C(C)Nc1ccc(S(=O)(=O)N2CCN(C)CC2)cn1. The molecule has 8 nitrogen and oxygen atoms in total. The molecule has 0 radical (unpaired) electrons. The summed E-state index contributed by atoms with van der Waals surface area (Å²) < 4.78 is 32.2. The second-order valence-electron chi connectivity index (χ2n) is 6.69. The van der Waals surface area contributed by atoms with E-state index in [1.807, 2.05) is 27.8 Å². The van der Waals surface area contributed by atoms with Gasteiger partial charge in [-0.05, 0) is 40.0 Å². The average molecular weight is 379 g/mol. The predicted molar refractivity (Wildman–Crippen MR) is 98.5 cm³/mol. The maximum atomic E-state index is 12.7. The number of nitrogens with one attached hydrogen (secondary N) is 1. The number of aryl methyl sites for hydroxylation is 2. The highest BCUT2D eigenvalue weighted by molar-refractivity contribution is 7.89. The minimum Gasteiger partial charge on any atom is -0.363 e. The van der Waals surface area contributed by atoms with Gasteiger partial charge in [-0.3, -0.25) is 0 Å². The minimum atomic E-state index is -3.50. The van der Waals surface area contributed by atoms with E-state index in [1.165, 1.54) is 10.5 Å². The first-order chi connectivity index (χ1) is 12.3. The summed E-state index contributed by atoms with van der Waals surface area (Å²) in [6, 6.07) is 3.24. The van der Waals surface area contributed by atoms with E-state index in [0.29, 0.717) is 18.9 Å². The standard InChI is InChI=1S/C17H25N5O3S/c1-12(17-13(2)20-25-14(17)3)19-16-6-5-15(11-18-16)26(23,24)22-9-7-21(4)8-10-22/h5-6,11-12H,7-10H2,1-4H3,(H,18,19). The number of hydrogen-bond acceptors (Lipinski definition) is 7. The fourth-order valence-corrected chi connectivity index (χ4v) is 4.57. The van der Waals surface area contributed by atoms with Gasteiger partial charge in [0.1, 0.15) is 16.5 Å². The Morgan fingerprint density at radius 1 is 1.19 bits per heavy atom. The van der Waals surface area contributed by atoms with Gasteiger partial charge < -0.3 is 14.7 Å². The molecule has 2 aromatic heterocycles. The molecule has 1 unspecified atom stereocenters. The molecule has 1 N–H and O–H groups in total. The Kier molecular flexibility index (Phi) is 5.31. The first-order valence-electron chi connectivity index (χ1n) is 8.63. The second-order valence-corrected chi connectivity index (χ2v) is 8.63. The highest BCUT2D eigenvalue weighted by Gasteiger charge is 2.27. The molecule has 3 heterocycles. The third-order valence-corrected chi connectivity index (χ3v) is 6.60. The number of pyridine rings is 1. The molecule has 142 valence electrons. The molecular weight excluding hydrogens is 354 g/mol.